The van der Waals surface area contributed by atoms with Crippen LogP contribution in [0.5, 0.6) is 11.5 Å². The fraction of sp³-hybridized carbons (Fsp3) is 0.391. The van der Waals surface area contributed by atoms with Crippen molar-refractivity contribution < 1.29 is 9.53 Å². The van der Waals surface area contributed by atoms with Gasteiger partial charge in [-0.1, -0.05) is 6.07 Å². The summed E-state index contributed by atoms with van der Waals surface area (Å²) in [5.74, 6) is 1.72. The largest absolute Gasteiger partial charge is 0.457 e. The molecule has 1 aliphatic heterocycles. The third-order valence-electron chi connectivity index (χ3n) is 5.10. The van der Waals surface area contributed by atoms with Gasteiger partial charge in [-0.15, -0.1) is 0 Å². The quantitative estimate of drug-likeness (QED) is 0.780. The highest BCUT2D eigenvalue weighted by Crippen LogP contribution is 2.25. The molecule has 1 heterocycles. The van der Waals surface area contributed by atoms with Crippen molar-refractivity contribution in [1.82, 2.24) is 10.2 Å². The molecule has 2 aromatic rings. The predicted octanol–water partition coefficient (Wildman–Crippen LogP) is 4.59. The van der Waals surface area contributed by atoms with Gasteiger partial charge in [-0.3, -0.25) is 4.90 Å². The van der Waals surface area contributed by atoms with Gasteiger partial charge in [-0.05, 0) is 82.1 Å². The number of nitrogens with one attached hydrogen (secondary N) is 2. The third-order valence-corrected chi connectivity index (χ3v) is 5.10. The van der Waals surface area contributed by atoms with Gasteiger partial charge in [0, 0.05) is 24.3 Å². The summed E-state index contributed by atoms with van der Waals surface area (Å²) in [7, 11) is 0. The molecule has 0 aromatic heterocycles. The summed E-state index contributed by atoms with van der Waals surface area (Å²) in [6.45, 7) is 9.45. The van der Waals surface area contributed by atoms with E-state index in [0.717, 1.165) is 19.5 Å². The molecule has 1 fully saturated rings. The first-order chi connectivity index (χ1) is 13.8. The second-order valence-corrected chi connectivity index (χ2v) is 8.37. The highest BCUT2D eigenvalue weighted by molar-refractivity contribution is 5.89. The summed E-state index contributed by atoms with van der Waals surface area (Å²) >= 11 is 0. The Morgan fingerprint density at radius 3 is 2.62 bits per heavy atom. The van der Waals surface area contributed by atoms with E-state index in [9.17, 15) is 4.79 Å². The van der Waals surface area contributed by atoms with Crippen LogP contribution in [0.3, 0.4) is 0 Å². The lowest BCUT2D eigenvalue weighted by atomic mass is 10.1. The Labute approximate surface area is 172 Å². The number of anilines is 1. The minimum absolute atomic E-state index is 0.177. The average molecular weight is 393 g/mol. The molecule has 6 heteroatoms. The van der Waals surface area contributed by atoms with E-state index in [0.29, 0.717) is 35.2 Å². The molecule has 152 valence electrons. The second-order valence-electron chi connectivity index (χ2n) is 8.37. The van der Waals surface area contributed by atoms with Gasteiger partial charge in [0.2, 0.25) is 0 Å². The smallest absolute Gasteiger partial charge is 0.319 e. The zero-order valence-corrected chi connectivity index (χ0v) is 17.2. The minimum atomic E-state index is -0.199. The van der Waals surface area contributed by atoms with Gasteiger partial charge in [-0.25, -0.2) is 4.79 Å². The van der Waals surface area contributed by atoms with Crippen molar-refractivity contribution in [2.75, 3.05) is 25.0 Å². The first-order valence-corrected chi connectivity index (χ1v) is 9.91. The van der Waals surface area contributed by atoms with Gasteiger partial charge >= 0.3 is 6.03 Å². The number of benzene rings is 2. The van der Waals surface area contributed by atoms with Crippen molar-refractivity contribution in [1.29, 1.82) is 5.26 Å². The fourth-order valence-electron chi connectivity index (χ4n) is 3.39. The molecule has 0 spiro atoms. The predicted molar refractivity (Wildman–Crippen MR) is 114 cm³/mol. The lowest BCUT2D eigenvalue weighted by Gasteiger charge is -2.31. The molecule has 29 heavy (non-hydrogen) atoms. The number of amides is 2. The number of likely N-dealkylation sites (tertiary alicyclic amines) is 1. The van der Waals surface area contributed by atoms with Gasteiger partial charge in [0.1, 0.15) is 11.5 Å². The molecule has 0 aliphatic carbocycles. The zero-order valence-electron chi connectivity index (χ0n) is 17.2. The Kier molecular flexibility index (Phi) is 6.40. The normalized spacial score (nSPS) is 16.8. The van der Waals surface area contributed by atoms with E-state index in [1.165, 1.54) is 0 Å². The molecule has 1 aliphatic rings. The molecule has 0 radical (unpaired) electrons. The van der Waals surface area contributed by atoms with E-state index in [1.54, 1.807) is 48.5 Å². The number of hydrogen-bond acceptors (Lipinski definition) is 4. The van der Waals surface area contributed by atoms with E-state index in [2.05, 4.69) is 42.4 Å². The second kappa shape index (κ2) is 8.97. The Morgan fingerprint density at radius 1 is 1.21 bits per heavy atom. The van der Waals surface area contributed by atoms with Crippen LogP contribution in [-0.2, 0) is 0 Å². The van der Waals surface area contributed by atoms with Crippen molar-refractivity contribution in [3.8, 4) is 17.6 Å². The molecule has 0 bridgehead atoms. The number of carbonyl (C=O) groups excluding carboxylic acids is 1. The third kappa shape index (κ3) is 5.97. The number of nitrogens with zero attached hydrogens (tertiary/aromatic N) is 2. The number of hydrogen-bond donors (Lipinski definition) is 2. The number of urea groups is 1. The number of rotatable bonds is 5. The average Bonchev–Trinajstić information content (AvgIpc) is 3.18. The molecule has 1 unspecified atom stereocenters. The molecule has 1 saturated heterocycles. The molecule has 6 nitrogen and oxygen atoms in total. The van der Waals surface area contributed by atoms with Crippen LogP contribution in [0.15, 0.2) is 48.5 Å². The Balaban J connectivity index is 1.46. The summed E-state index contributed by atoms with van der Waals surface area (Å²) in [6.07, 6.45) is 1.11. The van der Waals surface area contributed by atoms with Crippen LogP contribution in [0.2, 0.25) is 0 Å². The maximum absolute atomic E-state index is 12.2. The molecule has 0 saturated carbocycles. The maximum atomic E-state index is 12.2. The standard InChI is InChI=1S/C23H28N4O2/c1-23(2,3)27-12-11-18(16-27)15-25-22(28)26-19-7-9-20(10-8-19)29-21-6-4-5-17(13-21)14-24/h4-10,13,18H,11-12,15-16H2,1-3H3,(H2,25,26,28). The summed E-state index contributed by atoms with van der Waals surface area (Å²) in [4.78, 5) is 14.7. The van der Waals surface area contributed by atoms with Gasteiger partial charge < -0.3 is 15.4 Å². The van der Waals surface area contributed by atoms with Crippen molar-refractivity contribution in [2.45, 2.75) is 32.7 Å². The van der Waals surface area contributed by atoms with E-state index in [4.69, 9.17) is 10.00 Å². The lowest BCUT2D eigenvalue weighted by Crippen LogP contribution is -2.40. The first kappa shape index (κ1) is 20.7. The summed E-state index contributed by atoms with van der Waals surface area (Å²) in [5.41, 5.74) is 1.42. The fourth-order valence-corrected chi connectivity index (χ4v) is 3.39. The van der Waals surface area contributed by atoms with E-state index < -0.39 is 0 Å². The lowest BCUT2D eigenvalue weighted by molar-refractivity contribution is 0.168. The first-order valence-electron chi connectivity index (χ1n) is 9.91. The van der Waals surface area contributed by atoms with Crippen LogP contribution < -0.4 is 15.4 Å². The molecular weight excluding hydrogens is 364 g/mol. The zero-order chi connectivity index (χ0) is 20.9. The van der Waals surface area contributed by atoms with E-state index in [1.807, 2.05) is 0 Å². The van der Waals surface area contributed by atoms with Crippen LogP contribution in [0.25, 0.3) is 0 Å². The minimum Gasteiger partial charge on any atom is -0.457 e. The highest BCUT2D eigenvalue weighted by atomic mass is 16.5. The van der Waals surface area contributed by atoms with Crippen molar-refractivity contribution in [3.05, 3.63) is 54.1 Å². The van der Waals surface area contributed by atoms with Crippen LogP contribution in [0.4, 0.5) is 10.5 Å². The maximum Gasteiger partial charge on any atom is 0.319 e. The molecule has 2 N–H and O–H groups in total. The van der Waals surface area contributed by atoms with Crippen LogP contribution in [0, 0.1) is 17.2 Å². The van der Waals surface area contributed by atoms with Crippen molar-refractivity contribution in [3.63, 3.8) is 0 Å². The van der Waals surface area contributed by atoms with Crippen LogP contribution in [0.1, 0.15) is 32.8 Å². The molecular formula is C23H28N4O2. The van der Waals surface area contributed by atoms with Gasteiger partial charge in [-0.2, -0.15) is 5.26 Å². The molecule has 3 rings (SSSR count). The number of nitriles is 1. The topological polar surface area (TPSA) is 77.4 Å². The van der Waals surface area contributed by atoms with Crippen LogP contribution in [-0.4, -0.2) is 36.1 Å². The Morgan fingerprint density at radius 2 is 1.97 bits per heavy atom. The van der Waals surface area contributed by atoms with Crippen molar-refractivity contribution in [2.24, 2.45) is 5.92 Å². The summed E-state index contributed by atoms with van der Waals surface area (Å²) < 4.78 is 5.75. The summed E-state index contributed by atoms with van der Waals surface area (Å²) in [5, 5.41) is 14.8. The Hall–Kier alpha value is -3.04. The number of carbonyl (C=O) groups is 1. The van der Waals surface area contributed by atoms with E-state index in [-0.39, 0.29) is 11.6 Å². The molecule has 2 amide bonds. The Bertz CT molecular complexity index is 881. The van der Waals surface area contributed by atoms with Gasteiger partial charge in [0.05, 0.1) is 11.6 Å². The highest BCUT2D eigenvalue weighted by Gasteiger charge is 2.30. The number of ether oxygens (including phenoxy) is 1. The monoisotopic (exact) mass is 392 g/mol. The van der Waals surface area contributed by atoms with Crippen LogP contribution >= 0.6 is 0 Å². The van der Waals surface area contributed by atoms with E-state index >= 15 is 0 Å². The van der Waals surface area contributed by atoms with Crippen molar-refractivity contribution >= 4 is 11.7 Å². The SMILES string of the molecule is CC(C)(C)N1CCC(CNC(=O)Nc2ccc(Oc3cccc(C#N)c3)cc2)C1. The molecule has 1 atom stereocenters. The van der Waals surface area contributed by atoms with Gasteiger partial charge in [0.15, 0.2) is 0 Å². The van der Waals surface area contributed by atoms with Gasteiger partial charge in [0.25, 0.3) is 0 Å². The summed E-state index contributed by atoms with van der Waals surface area (Å²) in [6, 6.07) is 16.0. The molecule has 2 aromatic carbocycles.